The minimum Gasteiger partial charge on any atom is -0.405 e. The third kappa shape index (κ3) is 3.88. The number of aromatic nitrogens is 2. The standard InChI is InChI=1S/C21H19F3N2O2/c1-13-11-16-17(10-9-14-7-8-14)25-20(27)26(15-5-3-2-4-6-15)18(16)12-19(13)28-21(22,23)24/h2-6,11-12,14H,7-10H2,1H3. The molecule has 0 radical (unpaired) electrons. The molecule has 0 atom stereocenters. The van der Waals surface area contributed by atoms with Gasteiger partial charge in [-0.2, -0.15) is 4.98 Å². The number of para-hydroxylation sites is 1. The van der Waals surface area contributed by atoms with Gasteiger partial charge in [-0.3, -0.25) is 4.57 Å². The molecule has 0 unspecified atom stereocenters. The topological polar surface area (TPSA) is 44.1 Å². The molecule has 4 nitrogen and oxygen atoms in total. The second-order valence-electron chi connectivity index (χ2n) is 7.18. The van der Waals surface area contributed by atoms with Crippen molar-refractivity contribution >= 4 is 10.9 Å². The summed E-state index contributed by atoms with van der Waals surface area (Å²) >= 11 is 0. The smallest absolute Gasteiger partial charge is 0.405 e. The maximum absolute atomic E-state index is 12.8. The average molecular weight is 388 g/mol. The normalized spacial score (nSPS) is 14.4. The van der Waals surface area contributed by atoms with Gasteiger partial charge in [0.25, 0.3) is 0 Å². The molecule has 1 fully saturated rings. The van der Waals surface area contributed by atoms with E-state index >= 15 is 0 Å². The number of alkyl halides is 3. The molecule has 28 heavy (non-hydrogen) atoms. The molecule has 1 aliphatic carbocycles. The Kier molecular flexibility index (Phi) is 4.61. The summed E-state index contributed by atoms with van der Waals surface area (Å²) in [4.78, 5) is 17.1. The van der Waals surface area contributed by atoms with Gasteiger partial charge in [0.1, 0.15) is 5.75 Å². The number of rotatable bonds is 5. The van der Waals surface area contributed by atoms with E-state index in [0.717, 1.165) is 6.42 Å². The predicted octanol–water partition coefficient (Wildman–Crippen LogP) is 4.94. The molecule has 0 spiro atoms. The number of hydrogen-bond donors (Lipinski definition) is 0. The van der Waals surface area contributed by atoms with E-state index in [1.165, 1.54) is 23.5 Å². The van der Waals surface area contributed by atoms with Crippen LogP contribution in [0, 0.1) is 12.8 Å². The van der Waals surface area contributed by atoms with Crippen molar-refractivity contribution in [3.8, 4) is 11.4 Å². The van der Waals surface area contributed by atoms with E-state index in [4.69, 9.17) is 0 Å². The quantitative estimate of drug-likeness (QED) is 0.622. The summed E-state index contributed by atoms with van der Waals surface area (Å²) in [5.74, 6) is 0.339. The van der Waals surface area contributed by atoms with E-state index < -0.39 is 12.1 Å². The first-order chi connectivity index (χ1) is 13.3. The van der Waals surface area contributed by atoms with Crippen molar-refractivity contribution in [3.63, 3.8) is 0 Å². The van der Waals surface area contributed by atoms with Crippen LogP contribution in [0.2, 0.25) is 0 Å². The lowest BCUT2D eigenvalue weighted by Crippen LogP contribution is -2.24. The van der Waals surface area contributed by atoms with Crippen molar-refractivity contribution in [1.82, 2.24) is 9.55 Å². The Morgan fingerprint density at radius 1 is 1.18 bits per heavy atom. The van der Waals surface area contributed by atoms with E-state index in [-0.39, 0.29) is 5.75 Å². The highest BCUT2D eigenvalue weighted by Crippen LogP contribution is 2.35. The fraction of sp³-hybridized carbons (Fsp3) is 0.333. The molecule has 1 saturated carbocycles. The molecular formula is C21H19F3N2O2. The van der Waals surface area contributed by atoms with Gasteiger partial charge in [0.15, 0.2) is 0 Å². The lowest BCUT2D eigenvalue weighted by molar-refractivity contribution is -0.274. The van der Waals surface area contributed by atoms with Gasteiger partial charge < -0.3 is 4.74 Å². The van der Waals surface area contributed by atoms with Crippen molar-refractivity contribution < 1.29 is 17.9 Å². The summed E-state index contributed by atoms with van der Waals surface area (Å²) < 4.78 is 44.0. The zero-order valence-corrected chi connectivity index (χ0v) is 15.3. The van der Waals surface area contributed by atoms with E-state index in [2.05, 4.69) is 9.72 Å². The third-order valence-electron chi connectivity index (χ3n) is 4.99. The first-order valence-corrected chi connectivity index (χ1v) is 9.19. The number of benzene rings is 2. The van der Waals surface area contributed by atoms with Crippen LogP contribution in [0.5, 0.6) is 5.75 Å². The molecule has 0 amide bonds. The van der Waals surface area contributed by atoms with Gasteiger partial charge in [-0.15, -0.1) is 13.2 Å². The van der Waals surface area contributed by atoms with Crippen LogP contribution in [0.4, 0.5) is 13.2 Å². The summed E-state index contributed by atoms with van der Waals surface area (Å²) in [6.45, 7) is 1.56. The molecule has 1 heterocycles. The molecule has 2 aromatic carbocycles. The summed E-state index contributed by atoms with van der Waals surface area (Å²) in [7, 11) is 0. The van der Waals surface area contributed by atoms with Crippen LogP contribution < -0.4 is 10.4 Å². The molecular weight excluding hydrogens is 369 g/mol. The minimum atomic E-state index is -4.81. The Morgan fingerprint density at radius 2 is 1.89 bits per heavy atom. The van der Waals surface area contributed by atoms with Crippen LogP contribution in [0.25, 0.3) is 16.6 Å². The zero-order chi connectivity index (χ0) is 19.9. The van der Waals surface area contributed by atoms with E-state index in [9.17, 15) is 18.0 Å². The Bertz CT molecular complexity index is 1070. The van der Waals surface area contributed by atoms with Crippen LogP contribution in [-0.2, 0) is 6.42 Å². The highest BCUT2D eigenvalue weighted by atomic mass is 19.4. The summed E-state index contributed by atoms with van der Waals surface area (Å²) in [6, 6.07) is 11.7. The van der Waals surface area contributed by atoms with E-state index in [0.29, 0.717) is 40.2 Å². The zero-order valence-electron chi connectivity index (χ0n) is 15.3. The number of fused-ring (bicyclic) bond motifs is 1. The summed E-state index contributed by atoms with van der Waals surface area (Å²) in [6.07, 6.45) is -0.886. The van der Waals surface area contributed by atoms with E-state index in [1.54, 1.807) is 43.3 Å². The van der Waals surface area contributed by atoms with Crippen molar-refractivity contribution in [2.45, 2.75) is 39.0 Å². The molecule has 4 rings (SSSR count). The monoisotopic (exact) mass is 388 g/mol. The Balaban J connectivity index is 1.93. The number of halogens is 3. The first kappa shape index (κ1) is 18.5. The molecule has 146 valence electrons. The second kappa shape index (κ2) is 6.96. The second-order valence-corrected chi connectivity index (χ2v) is 7.18. The molecule has 0 saturated heterocycles. The van der Waals surface area contributed by atoms with Gasteiger partial charge in [-0.25, -0.2) is 4.79 Å². The van der Waals surface area contributed by atoms with Crippen molar-refractivity contribution in [1.29, 1.82) is 0 Å². The molecule has 1 aliphatic rings. The van der Waals surface area contributed by atoms with Gasteiger partial charge in [-0.05, 0) is 49.4 Å². The third-order valence-corrected chi connectivity index (χ3v) is 4.99. The van der Waals surface area contributed by atoms with Crippen LogP contribution >= 0.6 is 0 Å². The van der Waals surface area contributed by atoms with Crippen LogP contribution in [0.15, 0.2) is 47.3 Å². The SMILES string of the molecule is Cc1cc2c(CCC3CC3)nc(=O)n(-c3ccccc3)c2cc1OC(F)(F)F. The van der Waals surface area contributed by atoms with Gasteiger partial charge in [-0.1, -0.05) is 31.0 Å². The maximum atomic E-state index is 12.8. The van der Waals surface area contributed by atoms with Crippen LogP contribution in [0.3, 0.4) is 0 Å². The Labute approximate surface area is 159 Å². The average Bonchev–Trinajstić information content (AvgIpc) is 3.45. The number of nitrogens with zero attached hydrogens (tertiary/aromatic N) is 2. The Morgan fingerprint density at radius 3 is 2.54 bits per heavy atom. The molecule has 0 bridgehead atoms. The molecule has 1 aromatic heterocycles. The summed E-state index contributed by atoms with van der Waals surface area (Å²) in [5.41, 5.74) is 1.37. The molecule has 0 N–H and O–H groups in total. The van der Waals surface area contributed by atoms with Gasteiger partial charge in [0.05, 0.1) is 16.9 Å². The maximum Gasteiger partial charge on any atom is 0.573 e. The Hall–Kier alpha value is -2.83. The summed E-state index contributed by atoms with van der Waals surface area (Å²) in [5, 5.41) is 0.677. The predicted molar refractivity (Wildman–Crippen MR) is 99.8 cm³/mol. The van der Waals surface area contributed by atoms with Gasteiger partial charge in [0, 0.05) is 11.5 Å². The number of aryl methyl sites for hydroxylation is 2. The number of ether oxygens (including phenoxy) is 1. The molecule has 7 heteroatoms. The highest BCUT2D eigenvalue weighted by molar-refractivity contribution is 5.85. The fourth-order valence-electron chi connectivity index (χ4n) is 3.42. The minimum absolute atomic E-state index is 0.316. The van der Waals surface area contributed by atoms with Crippen LogP contribution in [-0.4, -0.2) is 15.9 Å². The van der Waals surface area contributed by atoms with Gasteiger partial charge in [0.2, 0.25) is 0 Å². The van der Waals surface area contributed by atoms with Crippen molar-refractivity contribution in [3.05, 3.63) is 64.2 Å². The van der Waals surface area contributed by atoms with Crippen molar-refractivity contribution in [2.75, 3.05) is 0 Å². The number of hydrogen-bond acceptors (Lipinski definition) is 3. The highest BCUT2D eigenvalue weighted by Gasteiger charge is 2.32. The molecule has 0 aliphatic heterocycles. The van der Waals surface area contributed by atoms with E-state index in [1.807, 2.05) is 0 Å². The van der Waals surface area contributed by atoms with Crippen LogP contribution in [0.1, 0.15) is 30.5 Å². The van der Waals surface area contributed by atoms with Crippen molar-refractivity contribution in [2.24, 2.45) is 5.92 Å². The van der Waals surface area contributed by atoms with Gasteiger partial charge >= 0.3 is 12.1 Å². The lowest BCUT2D eigenvalue weighted by atomic mass is 10.0. The first-order valence-electron chi connectivity index (χ1n) is 9.19. The molecule has 3 aromatic rings. The lowest BCUT2D eigenvalue weighted by Gasteiger charge is -2.17. The fourth-order valence-corrected chi connectivity index (χ4v) is 3.42. The largest absolute Gasteiger partial charge is 0.573 e.